The number of carbonyl (C=O) groups is 2. The van der Waals surface area contributed by atoms with Crippen LogP contribution in [0.4, 0.5) is 23.5 Å². The van der Waals surface area contributed by atoms with Gasteiger partial charge in [0.05, 0.1) is 34.0 Å². The average molecular weight is 609 g/mol. The molecule has 0 aliphatic rings. The van der Waals surface area contributed by atoms with E-state index in [9.17, 15) is 28.0 Å². The number of anilines is 1. The maximum absolute atomic E-state index is 13.7. The Morgan fingerprint density at radius 1 is 1.23 bits per heavy atom. The maximum Gasteiger partial charge on any atom is 0.469 e. The molecule has 39 heavy (non-hydrogen) atoms. The third kappa shape index (κ3) is 9.35. The molecule has 0 saturated carbocycles. The molecule has 0 bridgehead atoms. The van der Waals surface area contributed by atoms with E-state index >= 15 is 0 Å². The summed E-state index contributed by atoms with van der Waals surface area (Å²) in [5, 5.41) is 15.1. The van der Waals surface area contributed by atoms with E-state index in [0.29, 0.717) is 15.8 Å². The Balaban J connectivity index is 1.64. The lowest BCUT2D eigenvalue weighted by Gasteiger charge is -2.29. The van der Waals surface area contributed by atoms with Gasteiger partial charge in [0.15, 0.2) is 5.13 Å². The van der Waals surface area contributed by atoms with E-state index in [-0.39, 0.29) is 23.1 Å². The highest BCUT2D eigenvalue weighted by Crippen LogP contribution is 2.36. The number of phosphoric acid groups is 1. The van der Waals surface area contributed by atoms with Crippen LogP contribution in [0.25, 0.3) is 10.2 Å². The Morgan fingerprint density at radius 2 is 1.97 bits per heavy atom. The van der Waals surface area contributed by atoms with E-state index in [1.54, 1.807) is 0 Å². The third-order valence-electron chi connectivity index (χ3n) is 5.28. The van der Waals surface area contributed by atoms with Crippen LogP contribution in [0.2, 0.25) is 5.02 Å². The van der Waals surface area contributed by atoms with E-state index in [1.807, 2.05) is 0 Å². The lowest BCUT2D eigenvalue weighted by Crippen LogP contribution is -2.47. The highest BCUT2D eigenvalue weighted by molar-refractivity contribution is 7.46. The zero-order valence-corrected chi connectivity index (χ0v) is 22.7. The number of aromatic nitrogens is 1. The van der Waals surface area contributed by atoms with Crippen LogP contribution in [-0.2, 0) is 20.4 Å². The number of ether oxygens (including phenoxy) is 1. The number of benzene rings is 2. The first-order valence-corrected chi connectivity index (χ1v) is 13.9. The van der Waals surface area contributed by atoms with Crippen molar-refractivity contribution in [1.29, 1.82) is 0 Å². The van der Waals surface area contributed by atoms with Gasteiger partial charge in [0.1, 0.15) is 18.2 Å². The zero-order chi connectivity index (χ0) is 28.7. The smallest absolute Gasteiger partial charge is 0.447 e. The molecule has 0 unspecified atom stereocenters. The highest BCUT2D eigenvalue weighted by atomic mass is 35.5. The van der Waals surface area contributed by atoms with Crippen LogP contribution in [-0.4, -0.2) is 69.3 Å². The van der Waals surface area contributed by atoms with Gasteiger partial charge in [-0.1, -0.05) is 35.1 Å². The minimum Gasteiger partial charge on any atom is -0.447 e. The third-order valence-corrected chi connectivity index (χ3v) is 7.12. The van der Waals surface area contributed by atoms with Crippen molar-refractivity contribution in [3.63, 3.8) is 0 Å². The molecular formula is C22H24ClF2N4O8PS. The molecule has 3 amide bonds. The summed E-state index contributed by atoms with van der Waals surface area (Å²) >= 11 is 6.91. The number of rotatable bonds is 11. The Kier molecular flexibility index (Phi) is 10.6. The molecule has 3 rings (SSSR count). The summed E-state index contributed by atoms with van der Waals surface area (Å²) in [7, 11) is -3.54. The number of hydrogen-bond acceptors (Lipinski definition) is 8. The van der Waals surface area contributed by atoms with Gasteiger partial charge in [-0.05, 0) is 36.2 Å². The fourth-order valence-electron chi connectivity index (χ4n) is 3.30. The minimum absolute atomic E-state index is 0.130. The van der Waals surface area contributed by atoms with Gasteiger partial charge in [0.25, 0.3) is 0 Å². The summed E-state index contributed by atoms with van der Waals surface area (Å²) in [6.45, 7) is -1.36. The van der Waals surface area contributed by atoms with E-state index in [1.165, 1.54) is 37.4 Å². The Morgan fingerprint density at radius 3 is 2.69 bits per heavy atom. The predicted molar refractivity (Wildman–Crippen MR) is 138 cm³/mol. The quantitative estimate of drug-likeness (QED) is 0.203. The van der Waals surface area contributed by atoms with Crippen LogP contribution in [0.5, 0.6) is 0 Å². The predicted octanol–water partition coefficient (Wildman–Crippen LogP) is 3.85. The second kappa shape index (κ2) is 13.4. The summed E-state index contributed by atoms with van der Waals surface area (Å²) in [5.74, 6) is -1.13. The molecule has 1 aromatic heterocycles. The van der Waals surface area contributed by atoms with Crippen LogP contribution in [0.15, 0.2) is 36.4 Å². The van der Waals surface area contributed by atoms with Gasteiger partial charge in [-0.3, -0.25) is 9.84 Å². The maximum atomic E-state index is 13.7. The molecule has 2 atom stereocenters. The zero-order valence-electron chi connectivity index (χ0n) is 20.2. The molecule has 0 fully saturated rings. The number of urea groups is 1. The standard InChI is InChI=1S/C22H24ClF2N4O8PS/c1-29(21(31)26-9-12-3-2-4-16(25)19(12)23)14(8-15(30)11-37-38(33,34)35)10-36-22(32)28-20-27-17-6-5-13(24)7-18(17)39-20/h2-7,14-15,30H,8-11H2,1H3,(H,26,31)(H,27,28,32)(H2,33,34,35)/t14-,15+/m0/s1. The number of nitrogens with zero attached hydrogens (tertiary/aromatic N) is 2. The highest BCUT2D eigenvalue weighted by Gasteiger charge is 2.27. The van der Waals surface area contributed by atoms with Crippen molar-refractivity contribution in [2.24, 2.45) is 0 Å². The normalized spacial score (nSPS) is 13.1. The molecule has 0 saturated heterocycles. The van der Waals surface area contributed by atoms with Crippen molar-refractivity contribution in [2.45, 2.75) is 25.1 Å². The van der Waals surface area contributed by atoms with Crippen LogP contribution in [0.3, 0.4) is 0 Å². The van der Waals surface area contributed by atoms with E-state index < -0.39 is 56.9 Å². The number of thiazole rings is 1. The second-order valence-electron chi connectivity index (χ2n) is 8.17. The topological polar surface area (TPSA) is 171 Å². The first-order chi connectivity index (χ1) is 18.3. The number of hydrogen-bond donors (Lipinski definition) is 5. The van der Waals surface area contributed by atoms with Crippen molar-refractivity contribution in [2.75, 3.05) is 25.6 Å². The molecule has 12 nitrogen and oxygen atoms in total. The Hall–Kier alpha value is -2.91. The summed E-state index contributed by atoms with van der Waals surface area (Å²) in [4.78, 5) is 48.1. The van der Waals surface area contributed by atoms with Gasteiger partial charge in [0, 0.05) is 13.6 Å². The van der Waals surface area contributed by atoms with Gasteiger partial charge in [-0.25, -0.2) is 27.9 Å². The second-order valence-corrected chi connectivity index (χ2v) is 10.8. The molecule has 0 radical (unpaired) electrons. The number of phosphoric ester groups is 1. The molecule has 0 aliphatic carbocycles. The number of fused-ring (bicyclic) bond motifs is 1. The van der Waals surface area contributed by atoms with Crippen molar-refractivity contribution in [3.05, 3.63) is 58.6 Å². The molecule has 5 N–H and O–H groups in total. The van der Waals surface area contributed by atoms with Crippen LogP contribution in [0, 0.1) is 11.6 Å². The molecule has 0 aliphatic heterocycles. The lowest BCUT2D eigenvalue weighted by atomic mass is 10.1. The van der Waals surface area contributed by atoms with Crippen LogP contribution >= 0.6 is 30.8 Å². The molecular weight excluding hydrogens is 585 g/mol. The first kappa shape index (κ1) is 30.6. The Labute approximate surface area is 229 Å². The number of aliphatic hydroxyl groups is 1. The Bertz CT molecular complexity index is 1380. The SMILES string of the molecule is CN(C(=O)NCc1cccc(F)c1Cl)[C@H](COC(=O)Nc1nc2ccc(F)cc2s1)C[C@@H](O)COP(=O)(O)O. The largest absolute Gasteiger partial charge is 0.469 e. The fourth-order valence-corrected chi connectivity index (χ4v) is 4.73. The van der Waals surface area contributed by atoms with Gasteiger partial charge in [-0.15, -0.1) is 0 Å². The van der Waals surface area contributed by atoms with E-state index in [2.05, 4.69) is 20.1 Å². The van der Waals surface area contributed by atoms with E-state index in [0.717, 1.165) is 22.3 Å². The number of aliphatic hydroxyl groups excluding tert-OH is 1. The average Bonchev–Trinajstić information content (AvgIpc) is 3.26. The molecule has 3 aromatic rings. The number of nitrogens with one attached hydrogen (secondary N) is 2. The number of carbonyl (C=O) groups excluding carboxylic acids is 2. The summed E-state index contributed by atoms with van der Waals surface area (Å²) in [6.07, 6.45) is -2.72. The van der Waals surface area contributed by atoms with Gasteiger partial charge in [0.2, 0.25) is 0 Å². The van der Waals surface area contributed by atoms with Crippen LogP contribution in [0.1, 0.15) is 12.0 Å². The number of likely N-dealkylation sites (N-methyl/N-ethyl adjacent to an activating group) is 1. The van der Waals surface area contributed by atoms with Crippen molar-refractivity contribution < 1.29 is 47.1 Å². The number of amides is 3. The summed E-state index contributed by atoms with van der Waals surface area (Å²) in [6, 6.07) is 6.30. The monoisotopic (exact) mass is 608 g/mol. The summed E-state index contributed by atoms with van der Waals surface area (Å²) in [5.41, 5.74) is 0.758. The fraction of sp³-hybridized carbons (Fsp3) is 0.318. The molecule has 1 heterocycles. The van der Waals surface area contributed by atoms with Crippen molar-refractivity contribution in [1.82, 2.24) is 15.2 Å². The van der Waals surface area contributed by atoms with Crippen molar-refractivity contribution in [3.8, 4) is 0 Å². The van der Waals surface area contributed by atoms with Crippen molar-refractivity contribution >= 4 is 58.2 Å². The lowest BCUT2D eigenvalue weighted by molar-refractivity contribution is 0.0452. The molecule has 212 valence electrons. The van der Waals surface area contributed by atoms with Gasteiger partial charge >= 0.3 is 19.9 Å². The van der Waals surface area contributed by atoms with E-state index in [4.69, 9.17) is 26.1 Å². The van der Waals surface area contributed by atoms with Gasteiger partial charge < -0.3 is 29.8 Å². The van der Waals surface area contributed by atoms with Crippen LogP contribution < -0.4 is 10.6 Å². The molecule has 17 heteroatoms. The molecule has 0 spiro atoms. The number of halogens is 3. The summed E-state index contributed by atoms with van der Waals surface area (Å²) < 4.78 is 48.0. The first-order valence-electron chi connectivity index (χ1n) is 11.1. The van der Waals surface area contributed by atoms with Gasteiger partial charge in [-0.2, -0.15) is 0 Å². The molecule has 2 aromatic carbocycles. The minimum atomic E-state index is -4.87.